The first kappa shape index (κ1) is 13.6. The summed E-state index contributed by atoms with van der Waals surface area (Å²) in [6.07, 6.45) is 1.61. The van der Waals surface area contributed by atoms with E-state index < -0.39 is 0 Å². The smallest absolute Gasteiger partial charge is 0.227 e. The van der Waals surface area contributed by atoms with Crippen molar-refractivity contribution in [1.29, 1.82) is 0 Å². The average Bonchev–Trinajstić information content (AvgIpc) is 3.05. The van der Waals surface area contributed by atoms with Crippen molar-refractivity contribution in [2.45, 2.75) is 19.4 Å². The van der Waals surface area contributed by atoms with Gasteiger partial charge in [0, 0.05) is 24.4 Å². The van der Waals surface area contributed by atoms with Gasteiger partial charge in [0.1, 0.15) is 0 Å². The second-order valence-electron chi connectivity index (χ2n) is 4.73. The molecular weight excluding hydrogens is 336 g/mol. The lowest BCUT2D eigenvalue weighted by atomic mass is 10.2. The van der Waals surface area contributed by atoms with Gasteiger partial charge in [-0.15, -0.1) is 11.3 Å². The fourth-order valence-corrected chi connectivity index (χ4v) is 3.81. The van der Waals surface area contributed by atoms with Crippen LogP contribution in [0.1, 0.15) is 17.7 Å². The van der Waals surface area contributed by atoms with E-state index in [1.165, 1.54) is 4.88 Å². The molecule has 5 heteroatoms. The number of hydrogen-bond donors (Lipinski definition) is 1. The molecule has 1 aliphatic rings. The summed E-state index contributed by atoms with van der Waals surface area (Å²) >= 11 is 5.19. The van der Waals surface area contributed by atoms with E-state index >= 15 is 0 Å². The Bertz CT molecular complexity index is 626. The van der Waals surface area contributed by atoms with E-state index in [0.29, 0.717) is 6.42 Å². The molecule has 0 spiro atoms. The molecule has 3 nitrogen and oxygen atoms in total. The zero-order valence-corrected chi connectivity index (χ0v) is 13.3. The van der Waals surface area contributed by atoms with Gasteiger partial charge in [-0.1, -0.05) is 12.1 Å². The molecule has 1 aromatic heterocycles. The monoisotopic (exact) mass is 350 g/mol. The number of carbonyl (C=O) groups excluding carboxylic acids is 1. The Morgan fingerprint density at radius 3 is 2.80 bits per heavy atom. The lowest BCUT2D eigenvalue weighted by molar-refractivity contribution is -0.117. The molecule has 0 atom stereocenters. The molecule has 0 saturated carbocycles. The van der Waals surface area contributed by atoms with Crippen molar-refractivity contribution in [3.8, 4) is 0 Å². The summed E-state index contributed by atoms with van der Waals surface area (Å²) in [7, 11) is 0. The summed E-state index contributed by atoms with van der Waals surface area (Å²) in [6.45, 7) is 1.59. The number of nitrogens with zero attached hydrogens (tertiary/aromatic N) is 1. The van der Waals surface area contributed by atoms with E-state index in [1.54, 1.807) is 11.3 Å². The molecular formula is C15H15BrN2OS. The van der Waals surface area contributed by atoms with Gasteiger partial charge in [-0.05, 0) is 46.6 Å². The second kappa shape index (κ2) is 5.97. The van der Waals surface area contributed by atoms with Crippen LogP contribution in [-0.4, -0.2) is 12.5 Å². The first-order valence-electron chi connectivity index (χ1n) is 6.61. The van der Waals surface area contributed by atoms with Crippen molar-refractivity contribution in [3.63, 3.8) is 0 Å². The van der Waals surface area contributed by atoms with Crippen LogP contribution in [0.4, 0.5) is 11.4 Å². The number of benzene rings is 1. The van der Waals surface area contributed by atoms with Crippen molar-refractivity contribution in [1.82, 2.24) is 0 Å². The van der Waals surface area contributed by atoms with E-state index in [9.17, 15) is 4.79 Å². The number of hydrogen-bond acceptors (Lipinski definition) is 3. The lowest BCUT2D eigenvalue weighted by Gasteiger charge is -2.20. The molecule has 104 valence electrons. The Balaban J connectivity index is 1.77. The van der Waals surface area contributed by atoms with Gasteiger partial charge in [0.2, 0.25) is 5.91 Å². The zero-order chi connectivity index (χ0) is 13.9. The standard InChI is InChI=1S/C15H15BrN2OS/c16-14-8-7-11(20-14)10-17-12-4-1-2-5-13(12)18-9-3-6-15(18)19/h1-2,4-5,7-8,17H,3,6,9-10H2. The molecule has 0 unspecified atom stereocenters. The van der Waals surface area contributed by atoms with Crippen LogP contribution in [0.25, 0.3) is 0 Å². The Labute approximate surface area is 130 Å². The van der Waals surface area contributed by atoms with E-state index in [1.807, 2.05) is 29.2 Å². The summed E-state index contributed by atoms with van der Waals surface area (Å²) in [5, 5.41) is 3.44. The van der Waals surface area contributed by atoms with Crippen molar-refractivity contribution >= 4 is 44.5 Å². The van der Waals surface area contributed by atoms with E-state index in [-0.39, 0.29) is 5.91 Å². The second-order valence-corrected chi connectivity index (χ2v) is 7.27. The first-order valence-corrected chi connectivity index (χ1v) is 8.22. The molecule has 1 amide bonds. The highest BCUT2D eigenvalue weighted by Gasteiger charge is 2.23. The number of carbonyl (C=O) groups is 1. The molecule has 1 N–H and O–H groups in total. The Morgan fingerprint density at radius 2 is 2.10 bits per heavy atom. The van der Waals surface area contributed by atoms with E-state index in [4.69, 9.17) is 0 Å². The molecule has 20 heavy (non-hydrogen) atoms. The SMILES string of the molecule is O=C1CCCN1c1ccccc1NCc1ccc(Br)s1. The van der Waals surface area contributed by atoms with Crippen LogP contribution >= 0.6 is 27.3 Å². The quantitative estimate of drug-likeness (QED) is 0.893. The molecule has 1 fully saturated rings. The van der Waals surface area contributed by atoms with Crippen molar-refractivity contribution in [2.75, 3.05) is 16.8 Å². The third-order valence-corrected chi connectivity index (χ3v) is 4.97. The van der Waals surface area contributed by atoms with E-state index in [0.717, 1.165) is 34.7 Å². The highest BCUT2D eigenvalue weighted by Crippen LogP contribution is 2.30. The van der Waals surface area contributed by atoms with Crippen LogP contribution in [0.2, 0.25) is 0 Å². The summed E-state index contributed by atoms with van der Waals surface area (Å²) in [5.41, 5.74) is 2.01. The minimum atomic E-state index is 0.220. The minimum absolute atomic E-state index is 0.220. The number of halogens is 1. The molecule has 3 rings (SSSR count). The van der Waals surface area contributed by atoms with Crippen LogP contribution in [0, 0.1) is 0 Å². The fraction of sp³-hybridized carbons (Fsp3) is 0.267. The molecule has 1 aliphatic heterocycles. The predicted octanol–water partition coefficient (Wildman–Crippen LogP) is 4.25. The van der Waals surface area contributed by atoms with Crippen molar-refractivity contribution < 1.29 is 4.79 Å². The van der Waals surface area contributed by atoms with Crippen LogP contribution in [0.5, 0.6) is 0 Å². The Morgan fingerprint density at radius 1 is 1.25 bits per heavy atom. The van der Waals surface area contributed by atoms with Gasteiger partial charge in [0.05, 0.1) is 15.2 Å². The molecule has 1 saturated heterocycles. The zero-order valence-electron chi connectivity index (χ0n) is 10.9. The maximum atomic E-state index is 11.9. The third-order valence-electron chi connectivity index (χ3n) is 3.35. The van der Waals surface area contributed by atoms with Crippen LogP contribution in [0.3, 0.4) is 0 Å². The number of rotatable bonds is 4. The van der Waals surface area contributed by atoms with Gasteiger partial charge in [-0.2, -0.15) is 0 Å². The van der Waals surface area contributed by atoms with Gasteiger partial charge in [-0.25, -0.2) is 0 Å². The van der Waals surface area contributed by atoms with Crippen LogP contribution < -0.4 is 10.2 Å². The van der Waals surface area contributed by atoms with E-state index in [2.05, 4.69) is 33.4 Å². The highest BCUT2D eigenvalue weighted by molar-refractivity contribution is 9.11. The summed E-state index contributed by atoms with van der Waals surface area (Å²) < 4.78 is 1.14. The van der Waals surface area contributed by atoms with Gasteiger partial charge < -0.3 is 10.2 Å². The molecule has 0 radical (unpaired) electrons. The topological polar surface area (TPSA) is 32.3 Å². The van der Waals surface area contributed by atoms with Gasteiger partial charge >= 0.3 is 0 Å². The Hall–Kier alpha value is -1.33. The van der Waals surface area contributed by atoms with Crippen LogP contribution in [0.15, 0.2) is 40.2 Å². The number of thiophene rings is 1. The molecule has 0 aliphatic carbocycles. The third kappa shape index (κ3) is 2.88. The highest BCUT2D eigenvalue weighted by atomic mass is 79.9. The number of nitrogens with one attached hydrogen (secondary N) is 1. The average molecular weight is 351 g/mol. The largest absolute Gasteiger partial charge is 0.378 e. The maximum absolute atomic E-state index is 11.9. The maximum Gasteiger partial charge on any atom is 0.227 e. The molecule has 2 aromatic rings. The Kier molecular flexibility index (Phi) is 4.08. The van der Waals surface area contributed by atoms with Gasteiger partial charge in [-0.3, -0.25) is 4.79 Å². The normalized spacial score (nSPS) is 14.8. The number of para-hydroxylation sites is 2. The molecule has 0 bridgehead atoms. The number of anilines is 2. The van der Waals surface area contributed by atoms with Crippen molar-refractivity contribution in [3.05, 3.63) is 45.1 Å². The first-order chi connectivity index (χ1) is 9.74. The summed E-state index contributed by atoms with van der Waals surface area (Å²) in [4.78, 5) is 15.0. The van der Waals surface area contributed by atoms with Gasteiger partial charge in [0.25, 0.3) is 0 Å². The van der Waals surface area contributed by atoms with Crippen LogP contribution in [-0.2, 0) is 11.3 Å². The van der Waals surface area contributed by atoms with Crippen molar-refractivity contribution in [2.24, 2.45) is 0 Å². The molecule has 2 heterocycles. The van der Waals surface area contributed by atoms with Gasteiger partial charge in [0.15, 0.2) is 0 Å². The minimum Gasteiger partial charge on any atom is -0.378 e. The fourth-order valence-electron chi connectivity index (χ4n) is 2.39. The summed E-state index contributed by atoms with van der Waals surface area (Å²) in [6, 6.07) is 12.2. The predicted molar refractivity (Wildman–Crippen MR) is 87.4 cm³/mol. The lowest BCUT2D eigenvalue weighted by Crippen LogP contribution is -2.24. The summed E-state index contributed by atoms with van der Waals surface area (Å²) in [5.74, 6) is 0.220. The number of amides is 1. The molecule has 1 aromatic carbocycles.